The average Bonchev–Trinajstić information content (AvgIpc) is 3.70. The fourth-order valence-electron chi connectivity index (χ4n) is 4.72. The fraction of sp³-hybridized carbons (Fsp3) is 0.567. The van der Waals surface area contributed by atoms with Crippen LogP contribution < -0.4 is 11.1 Å². The maximum Gasteiger partial charge on any atom is 0.250 e. The smallest absolute Gasteiger partial charge is 0.250 e. The van der Waals surface area contributed by atoms with Crippen molar-refractivity contribution in [1.29, 1.82) is 0 Å². The van der Waals surface area contributed by atoms with Crippen LogP contribution in [-0.4, -0.2) is 42.3 Å². The second-order valence-corrected chi connectivity index (χ2v) is 10.0. The number of alkyl halides is 3. The molecule has 2 aliphatic carbocycles. The van der Waals surface area contributed by atoms with Gasteiger partial charge in [0.25, 0.3) is 5.92 Å². The summed E-state index contributed by atoms with van der Waals surface area (Å²) in [4.78, 5) is 11.2. The van der Waals surface area contributed by atoms with E-state index < -0.39 is 35.7 Å². The minimum absolute atomic E-state index is 0.0515. The van der Waals surface area contributed by atoms with Crippen LogP contribution in [0.2, 0.25) is 0 Å². The Hall–Kier alpha value is -2.52. The number of aliphatic hydroxyl groups is 1. The largest absolute Gasteiger partial charge is 0.393 e. The highest BCUT2D eigenvalue weighted by Crippen LogP contribution is 2.46. The van der Waals surface area contributed by atoms with Crippen LogP contribution in [0.3, 0.4) is 0 Å². The summed E-state index contributed by atoms with van der Waals surface area (Å²) in [5, 5.41) is 11.7. The van der Waals surface area contributed by atoms with E-state index in [-0.39, 0.29) is 19.3 Å². The molecule has 2 aromatic rings. The van der Waals surface area contributed by atoms with Crippen molar-refractivity contribution in [2.75, 3.05) is 13.1 Å². The highest BCUT2D eigenvalue weighted by Gasteiger charge is 2.35. The van der Waals surface area contributed by atoms with Gasteiger partial charge in [0.15, 0.2) is 0 Å². The molecule has 0 aromatic heterocycles. The highest BCUT2D eigenvalue weighted by molar-refractivity contribution is 5.79. The van der Waals surface area contributed by atoms with Crippen LogP contribution >= 0.6 is 0 Å². The molecule has 2 aromatic carbocycles. The van der Waals surface area contributed by atoms with Crippen molar-refractivity contribution in [3.05, 3.63) is 59.2 Å². The summed E-state index contributed by atoms with van der Waals surface area (Å²) >= 11 is 0. The van der Waals surface area contributed by atoms with Gasteiger partial charge in [-0.2, -0.15) is 0 Å². The quantitative estimate of drug-likeness (QED) is 0.362. The Labute approximate surface area is 228 Å². The van der Waals surface area contributed by atoms with Gasteiger partial charge in [-0.15, -0.1) is 0 Å². The van der Waals surface area contributed by atoms with Gasteiger partial charge in [0, 0.05) is 25.5 Å². The number of hydrogen-bond donors (Lipinski definition) is 3. The Morgan fingerprint density at radius 1 is 1.05 bits per heavy atom. The Balaban J connectivity index is 0.000000243. The van der Waals surface area contributed by atoms with Gasteiger partial charge in [0.05, 0.1) is 12.5 Å². The van der Waals surface area contributed by atoms with Crippen molar-refractivity contribution < 1.29 is 31.9 Å². The molecule has 1 aliphatic heterocycles. The van der Waals surface area contributed by atoms with Gasteiger partial charge in [-0.3, -0.25) is 4.79 Å². The predicted octanol–water partition coefficient (Wildman–Crippen LogP) is 6.83. The fourth-order valence-corrected chi connectivity index (χ4v) is 4.72. The monoisotopic (exact) mass is 556 g/mol. The van der Waals surface area contributed by atoms with Gasteiger partial charge < -0.3 is 16.2 Å². The van der Waals surface area contributed by atoms with E-state index >= 15 is 0 Å². The number of nitrogens with one attached hydrogen (secondary N) is 1. The number of benzene rings is 2. The number of carbonyl (C=O) groups is 1. The van der Waals surface area contributed by atoms with E-state index in [0.29, 0.717) is 30.9 Å². The summed E-state index contributed by atoms with van der Waals surface area (Å²) in [6.45, 7) is 5.57. The van der Waals surface area contributed by atoms with Crippen LogP contribution in [0, 0.1) is 11.6 Å². The third-order valence-corrected chi connectivity index (χ3v) is 6.57. The normalized spacial score (nSPS) is 21.6. The predicted molar refractivity (Wildman–Crippen MR) is 144 cm³/mol. The van der Waals surface area contributed by atoms with Gasteiger partial charge in [0.1, 0.15) is 17.8 Å². The Morgan fingerprint density at radius 3 is 2.15 bits per heavy atom. The van der Waals surface area contributed by atoms with Crippen molar-refractivity contribution in [1.82, 2.24) is 5.32 Å². The van der Waals surface area contributed by atoms with E-state index in [1.54, 1.807) is 6.07 Å². The lowest BCUT2D eigenvalue weighted by Crippen LogP contribution is -2.30. The molecule has 39 heavy (non-hydrogen) atoms. The molecule has 0 spiro atoms. The molecule has 1 heterocycles. The summed E-state index contributed by atoms with van der Waals surface area (Å²) in [6, 6.07) is 8.98. The second-order valence-electron chi connectivity index (χ2n) is 10.0. The van der Waals surface area contributed by atoms with Crippen molar-refractivity contribution >= 4 is 5.91 Å². The number of rotatable bonds is 4. The number of amides is 1. The maximum atomic E-state index is 13.5. The minimum atomic E-state index is -2.60. The molecule has 4 nitrogen and oxygen atoms in total. The zero-order valence-corrected chi connectivity index (χ0v) is 22.8. The van der Waals surface area contributed by atoms with Crippen LogP contribution in [0.1, 0.15) is 82.3 Å². The molecule has 1 amide bonds. The van der Waals surface area contributed by atoms with Crippen molar-refractivity contribution in [3.63, 3.8) is 0 Å². The first-order valence-electron chi connectivity index (χ1n) is 13.8. The Kier molecular flexibility index (Phi) is 13.3. The second kappa shape index (κ2) is 15.9. The van der Waals surface area contributed by atoms with E-state index in [1.807, 2.05) is 26.0 Å². The standard InChI is InChI=1S/C17H15F2NO.C6H10F2O.C5H10FN.C2H6/c18-13-6-12(7-14(19)9-13)15-3-1-2-11(8-16(20)21)17(15)10-4-5-10;7-6(8)3-1-2-5(9)4-6;6-5-2-1-3-7-4-5;1-2/h1-3,6-7,9-10H,4-5,8H2,(H2,20,21);5,9H,1-4H2;5,7H,1-4H2;1-2H3. The van der Waals surface area contributed by atoms with Crippen LogP contribution in [0.15, 0.2) is 36.4 Å². The first-order chi connectivity index (χ1) is 18.5. The SMILES string of the molecule is CC.FC1CCCNC1.NC(=O)Cc1cccc(-c2cc(F)cc(F)c2)c1C1CC1.OC1CCCC(F)(F)C1. The Bertz CT molecular complexity index is 1020. The zero-order valence-electron chi connectivity index (χ0n) is 22.8. The number of piperidine rings is 1. The average molecular weight is 557 g/mol. The maximum absolute atomic E-state index is 13.5. The topological polar surface area (TPSA) is 75.3 Å². The first kappa shape index (κ1) is 32.7. The minimum Gasteiger partial charge on any atom is -0.393 e. The van der Waals surface area contributed by atoms with Crippen LogP contribution in [0.25, 0.3) is 11.1 Å². The molecular weight excluding hydrogens is 515 g/mol. The molecule has 4 N–H and O–H groups in total. The summed E-state index contributed by atoms with van der Waals surface area (Å²) < 4.78 is 63.6. The lowest BCUT2D eigenvalue weighted by atomic mass is 9.91. The van der Waals surface area contributed by atoms with E-state index in [2.05, 4.69) is 5.32 Å². The lowest BCUT2D eigenvalue weighted by molar-refractivity contribution is -0.117. The zero-order chi connectivity index (χ0) is 29.0. The number of nitrogens with two attached hydrogens (primary N) is 1. The molecule has 2 saturated carbocycles. The van der Waals surface area contributed by atoms with E-state index in [0.717, 1.165) is 55.0 Å². The number of carbonyl (C=O) groups excluding carboxylic acids is 1. The summed E-state index contributed by atoms with van der Waals surface area (Å²) in [5.41, 5.74) is 8.43. The molecule has 3 fully saturated rings. The molecule has 0 bridgehead atoms. The van der Waals surface area contributed by atoms with Crippen LogP contribution in [0.5, 0.6) is 0 Å². The lowest BCUT2D eigenvalue weighted by Gasteiger charge is -2.24. The van der Waals surface area contributed by atoms with Gasteiger partial charge in [-0.1, -0.05) is 32.0 Å². The molecule has 2 atom stereocenters. The molecule has 0 radical (unpaired) electrons. The molecule has 2 unspecified atom stereocenters. The molecule has 3 aliphatic rings. The number of aliphatic hydroxyl groups excluding tert-OH is 1. The van der Waals surface area contributed by atoms with E-state index in [1.165, 1.54) is 12.1 Å². The van der Waals surface area contributed by atoms with Gasteiger partial charge in [0.2, 0.25) is 5.91 Å². The van der Waals surface area contributed by atoms with E-state index in [4.69, 9.17) is 10.8 Å². The highest BCUT2D eigenvalue weighted by atomic mass is 19.3. The van der Waals surface area contributed by atoms with Gasteiger partial charge in [-0.05, 0) is 85.4 Å². The molecule has 5 rings (SSSR count). The van der Waals surface area contributed by atoms with Gasteiger partial charge >= 0.3 is 0 Å². The van der Waals surface area contributed by atoms with Crippen molar-refractivity contribution in [3.8, 4) is 11.1 Å². The molecule has 218 valence electrons. The van der Waals surface area contributed by atoms with Crippen molar-refractivity contribution in [2.24, 2.45) is 5.73 Å². The first-order valence-corrected chi connectivity index (χ1v) is 13.8. The summed E-state index contributed by atoms with van der Waals surface area (Å²) in [6.07, 6.45) is 3.22. The van der Waals surface area contributed by atoms with Crippen LogP contribution in [-0.2, 0) is 11.2 Å². The number of hydrogen-bond acceptors (Lipinski definition) is 3. The molecular formula is C30H41F5N2O2. The van der Waals surface area contributed by atoms with Crippen molar-refractivity contribution in [2.45, 2.75) is 95.8 Å². The third kappa shape index (κ3) is 11.6. The van der Waals surface area contributed by atoms with Crippen LogP contribution in [0.4, 0.5) is 22.0 Å². The number of halogens is 5. The van der Waals surface area contributed by atoms with Gasteiger partial charge in [-0.25, -0.2) is 22.0 Å². The molecule has 9 heteroatoms. The van der Waals surface area contributed by atoms with E-state index in [9.17, 15) is 26.7 Å². The molecule has 1 saturated heterocycles. The summed E-state index contributed by atoms with van der Waals surface area (Å²) in [7, 11) is 0. The third-order valence-electron chi connectivity index (χ3n) is 6.57. The summed E-state index contributed by atoms with van der Waals surface area (Å²) in [5.74, 6) is -3.86. The number of primary amides is 1. The Morgan fingerprint density at radius 2 is 1.72 bits per heavy atom.